The zero-order valence-corrected chi connectivity index (χ0v) is 6.16. The maximum absolute atomic E-state index is 9.78. The highest BCUT2D eigenvalue weighted by atomic mass is 16.1. The van der Waals surface area contributed by atoms with Crippen LogP contribution in [-0.2, 0) is 11.2 Å². The molecule has 1 rings (SSSR count). The molecule has 1 aromatic rings. The zero-order chi connectivity index (χ0) is 7.94. The SMILES string of the molecule is O=[C]/C=C/Cc1ccccc1. The lowest BCUT2D eigenvalue weighted by Crippen LogP contribution is -1.77. The van der Waals surface area contributed by atoms with Crippen molar-refractivity contribution in [1.82, 2.24) is 0 Å². The van der Waals surface area contributed by atoms with Crippen molar-refractivity contribution in [2.45, 2.75) is 6.42 Å². The normalized spacial score (nSPS) is 10.2. The third-order valence-corrected chi connectivity index (χ3v) is 1.38. The molecule has 0 aromatic heterocycles. The van der Waals surface area contributed by atoms with Crippen LogP contribution in [0.15, 0.2) is 42.5 Å². The summed E-state index contributed by atoms with van der Waals surface area (Å²) in [7, 11) is 0. The Morgan fingerprint density at radius 3 is 2.64 bits per heavy atom. The van der Waals surface area contributed by atoms with E-state index in [1.807, 2.05) is 30.3 Å². The summed E-state index contributed by atoms with van der Waals surface area (Å²) in [5.74, 6) is 0. The van der Waals surface area contributed by atoms with Crippen LogP contribution in [0.1, 0.15) is 5.56 Å². The fourth-order valence-electron chi connectivity index (χ4n) is 0.857. The van der Waals surface area contributed by atoms with Gasteiger partial charge in [0.2, 0.25) is 6.29 Å². The van der Waals surface area contributed by atoms with E-state index in [4.69, 9.17) is 0 Å². The van der Waals surface area contributed by atoms with Crippen molar-refractivity contribution in [2.24, 2.45) is 0 Å². The molecule has 0 unspecified atom stereocenters. The van der Waals surface area contributed by atoms with Crippen molar-refractivity contribution in [1.29, 1.82) is 0 Å². The average molecular weight is 145 g/mol. The first-order valence-corrected chi connectivity index (χ1v) is 3.50. The second-order valence-electron chi connectivity index (χ2n) is 2.21. The smallest absolute Gasteiger partial charge is 0.225 e. The first-order valence-electron chi connectivity index (χ1n) is 3.50. The Bertz CT molecular complexity index is 236. The maximum atomic E-state index is 9.78. The topological polar surface area (TPSA) is 17.1 Å². The number of allylic oxidation sites excluding steroid dienone is 2. The largest absolute Gasteiger partial charge is 0.286 e. The number of hydrogen-bond acceptors (Lipinski definition) is 1. The van der Waals surface area contributed by atoms with Gasteiger partial charge in [0.15, 0.2) is 0 Å². The molecule has 55 valence electrons. The maximum Gasteiger partial charge on any atom is 0.225 e. The molecule has 1 radical (unpaired) electrons. The molecule has 11 heavy (non-hydrogen) atoms. The van der Waals surface area contributed by atoms with Gasteiger partial charge in [-0.05, 0) is 18.1 Å². The zero-order valence-electron chi connectivity index (χ0n) is 6.16. The minimum atomic E-state index is 0.802. The van der Waals surface area contributed by atoms with Gasteiger partial charge in [-0.2, -0.15) is 0 Å². The molecule has 0 N–H and O–H groups in total. The quantitative estimate of drug-likeness (QED) is 0.593. The lowest BCUT2D eigenvalue weighted by molar-refractivity contribution is 0.564. The second-order valence-corrected chi connectivity index (χ2v) is 2.21. The Morgan fingerprint density at radius 1 is 1.27 bits per heavy atom. The fraction of sp³-hybridized carbons (Fsp3) is 0.100. The molecular formula is C10H9O. The van der Waals surface area contributed by atoms with Crippen molar-refractivity contribution < 1.29 is 4.79 Å². The van der Waals surface area contributed by atoms with Crippen molar-refractivity contribution in [2.75, 3.05) is 0 Å². The lowest BCUT2D eigenvalue weighted by Gasteiger charge is -1.91. The van der Waals surface area contributed by atoms with Gasteiger partial charge in [0.25, 0.3) is 0 Å². The highest BCUT2D eigenvalue weighted by Crippen LogP contribution is 1.99. The summed E-state index contributed by atoms with van der Waals surface area (Å²) in [5.41, 5.74) is 1.21. The molecule has 1 nitrogen and oxygen atoms in total. The Hall–Kier alpha value is -1.37. The van der Waals surface area contributed by atoms with Crippen molar-refractivity contribution >= 4 is 6.29 Å². The van der Waals surface area contributed by atoms with Gasteiger partial charge in [-0.25, -0.2) is 0 Å². The van der Waals surface area contributed by atoms with Crippen LogP contribution in [-0.4, -0.2) is 6.29 Å². The first-order chi connectivity index (χ1) is 5.43. The Morgan fingerprint density at radius 2 is 2.00 bits per heavy atom. The van der Waals surface area contributed by atoms with E-state index in [9.17, 15) is 4.79 Å². The van der Waals surface area contributed by atoms with Gasteiger partial charge in [-0.1, -0.05) is 36.4 Å². The number of benzene rings is 1. The molecule has 0 aliphatic rings. The van der Waals surface area contributed by atoms with Gasteiger partial charge in [-0.15, -0.1) is 0 Å². The third-order valence-electron chi connectivity index (χ3n) is 1.38. The minimum absolute atomic E-state index is 0.802. The van der Waals surface area contributed by atoms with E-state index in [2.05, 4.69) is 0 Å². The molecule has 0 saturated carbocycles. The van der Waals surface area contributed by atoms with Crippen LogP contribution < -0.4 is 0 Å². The first kappa shape index (κ1) is 7.73. The van der Waals surface area contributed by atoms with E-state index in [0.717, 1.165) is 6.42 Å². The van der Waals surface area contributed by atoms with Crippen LogP contribution in [0.5, 0.6) is 0 Å². The van der Waals surface area contributed by atoms with Gasteiger partial charge in [0.05, 0.1) is 0 Å². The summed E-state index contributed by atoms with van der Waals surface area (Å²) in [4.78, 5) is 9.78. The Balaban J connectivity index is 2.51. The van der Waals surface area contributed by atoms with E-state index in [1.54, 1.807) is 12.4 Å². The monoisotopic (exact) mass is 145 g/mol. The van der Waals surface area contributed by atoms with Crippen molar-refractivity contribution in [3.05, 3.63) is 48.0 Å². The Labute approximate surface area is 66.4 Å². The summed E-state index contributed by atoms with van der Waals surface area (Å²) in [5, 5.41) is 0. The molecule has 0 spiro atoms. The van der Waals surface area contributed by atoms with Crippen LogP contribution in [0.2, 0.25) is 0 Å². The van der Waals surface area contributed by atoms with E-state index in [0.29, 0.717) is 0 Å². The van der Waals surface area contributed by atoms with Crippen molar-refractivity contribution in [3.63, 3.8) is 0 Å². The van der Waals surface area contributed by atoms with Gasteiger partial charge < -0.3 is 0 Å². The highest BCUT2D eigenvalue weighted by Gasteiger charge is 1.84. The molecule has 1 aromatic carbocycles. The molecule has 0 fully saturated rings. The molecule has 0 aliphatic heterocycles. The summed E-state index contributed by atoms with van der Waals surface area (Å²) < 4.78 is 0. The molecular weight excluding hydrogens is 136 g/mol. The van der Waals surface area contributed by atoms with E-state index in [-0.39, 0.29) is 0 Å². The molecule has 0 amide bonds. The van der Waals surface area contributed by atoms with E-state index in [1.165, 1.54) is 11.6 Å². The van der Waals surface area contributed by atoms with Gasteiger partial charge in [0.1, 0.15) is 0 Å². The van der Waals surface area contributed by atoms with Crippen LogP contribution in [0.4, 0.5) is 0 Å². The third kappa shape index (κ3) is 2.80. The van der Waals surface area contributed by atoms with Crippen LogP contribution in [0.25, 0.3) is 0 Å². The van der Waals surface area contributed by atoms with Gasteiger partial charge in [0, 0.05) is 0 Å². The Kier molecular flexibility index (Phi) is 3.13. The highest BCUT2D eigenvalue weighted by molar-refractivity contribution is 5.65. The average Bonchev–Trinajstić information content (AvgIpc) is 2.07. The number of rotatable bonds is 3. The van der Waals surface area contributed by atoms with Crippen molar-refractivity contribution in [3.8, 4) is 0 Å². The summed E-state index contributed by atoms with van der Waals surface area (Å²) in [6.45, 7) is 0. The molecule has 1 heteroatoms. The summed E-state index contributed by atoms with van der Waals surface area (Å²) in [6, 6.07) is 9.98. The molecule has 0 bridgehead atoms. The van der Waals surface area contributed by atoms with E-state index >= 15 is 0 Å². The van der Waals surface area contributed by atoms with Gasteiger partial charge in [-0.3, -0.25) is 4.79 Å². The summed E-state index contributed by atoms with van der Waals surface area (Å²) in [6.07, 6.45) is 5.70. The van der Waals surface area contributed by atoms with E-state index < -0.39 is 0 Å². The lowest BCUT2D eigenvalue weighted by atomic mass is 10.1. The molecule has 0 saturated heterocycles. The summed E-state index contributed by atoms with van der Waals surface area (Å²) >= 11 is 0. The molecule has 0 atom stereocenters. The predicted octanol–water partition coefficient (Wildman–Crippen LogP) is 1.90. The second kappa shape index (κ2) is 4.45. The fourth-order valence-corrected chi connectivity index (χ4v) is 0.857. The molecule has 0 heterocycles. The predicted molar refractivity (Wildman–Crippen MR) is 45.0 cm³/mol. The van der Waals surface area contributed by atoms with Crippen LogP contribution >= 0.6 is 0 Å². The molecule has 0 aliphatic carbocycles. The van der Waals surface area contributed by atoms with Gasteiger partial charge >= 0.3 is 0 Å². The van der Waals surface area contributed by atoms with Crippen LogP contribution in [0.3, 0.4) is 0 Å². The minimum Gasteiger partial charge on any atom is -0.286 e. The number of carbonyl (C=O) groups excluding carboxylic acids is 1. The number of hydrogen-bond donors (Lipinski definition) is 0. The standard InChI is InChI=1S/C10H9O/c11-9-5-4-8-10-6-2-1-3-7-10/h1-7H,8H2/b5-4+. The van der Waals surface area contributed by atoms with Crippen LogP contribution in [0, 0.1) is 0 Å².